The Kier molecular flexibility index (Phi) is 31.3. The van der Waals surface area contributed by atoms with E-state index in [1.54, 1.807) is 30.3 Å². The molecule has 1 fully saturated rings. The Morgan fingerprint density at radius 1 is 0.558 bits per heavy atom. The van der Waals surface area contributed by atoms with Crippen LogP contribution in [0.4, 0.5) is 0 Å². The molecule has 13 atom stereocenters. The molecule has 11 amide bonds. The number of aliphatic imine (C=N–C) groups is 2. The molecule has 0 unspecified atom stereocenters. The summed E-state index contributed by atoms with van der Waals surface area (Å²) in [5, 5.41) is 80.3. The van der Waals surface area contributed by atoms with Crippen LogP contribution in [0.2, 0.25) is 0 Å². The molecule has 1 aromatic carbocycles. The molecule has 1 saturated heterocycles. The van der Waals surface area contributed by atoms with Crippen molar-refractivity contribution in [1.82, 2.24) is 52.8 Å². The molecule has 480 valence electrons. The first-order chi connectivity index (χ1) is 40.4. The summed E-state index contributed by atoms with van der Waals surface area (Å²) in [6, 6.07) is -9.79. The lowest BCUT2D eigenvalue weighted by Crippen LogP contribution is -2.62. The number of carbonyl (C=O) groups excluding carboxylic acids is 11. The number of nitrogens with two attached hydrogens (primary N) is 6. The van der Waals surface area contributed by atoms with Crippen molar-refractivity contribution in [3.63, 3.8) is 0 Å². The lowest BCUT2D eigenvalue weighted by atomic mass is 10.0. The summed E-state index contributed by atoms with van der Waals surface area (Å²) in [5.41, 5.74) is 33.3. The molecule has 1 aliphatic rings. The number of aliphatic hydroxyl groups is 5. The maximum absolute atomic E-state index is 14.7. The van der Waals surface area contributed by atoms with Gasteiger partial charge >= 0.3 is 5.97 Å². The average Bonchev–Trinajstić information content (AvgIpc) is 3.68. The van der Waals surface area contributed by atoms with Crippen LogP contribution in [0.1, 0.15) is 71.3 Å². The van der Waals surface area contributed by atoms with Gasteiger partial charge in [0.05, 0.1) is 38.4 Å². The molecule has 1 heterocycles. The fourth-order valence-electron chi connectivity index (χ4n) is 8.29. The van der Waals surface area contributed by atoms with Crippen LogP contribution in [0.5, 0.6) is 0 Å². The summed E-state index contributed by atoms with van der Waals surface area (Å²) < 4.78 is 0. The molecule has 0 spiro atoms. The Hall–Kier alpha value is -8.84. The van der Waals surface area contributed by atoms with Crippen molar-refractivity contribution in [3.8, 4) is 0 Å². The van der Waals surface area contributed by atoms with Crippen molar-refractivity contribution in [3.05, 3.63) is 35.9 Å². The number of carboxylic acids is 1. The summed E-state index contributed by atoms with van der Waals surface area (Å²) in [6.45, 7) is -0.00879. The van der Waals surface area contributed by atoms with Gasteiger partial charge < -0.3 is 118 Å². The third kappa shape index (κ3) is 24.8. The van der Waals surface area contributed by atoms with Crippen LogP contribution < -0.4 is 82.3 Å². The van der Waals surface area contributed by atoms with E-state index in [-0.39, 0.29) is 76.5 Å². The van der Waals surface area contributed by atoms with E-state index in [4.69, 9.17) is 39.5 Å². The van der Waals surface area contributed by atoms with Crippen molar-refractivity contribution < 1.29 is 88.2 Å². The number of carbonyl (C=O) groups is 12. The molecular weight excluding hydrogens is 1140 g/mol. The number of benzene rings is 1. The molecular formula is C50H82N18O18. The average molecular weight is 1220 g/mol. The number of rotatable bonds is 37. The largest absolute Gasteiger partial charge is 0.480 e. The predicted molar refractivity (Wildman–Crippen MR) is 302 cm³/mol. The van der Waals surface area contributed by atoms with E-state index >= 15 is 0 Å². The quantitative estimate of drug-likeness (QED) is 0.0167. The van der Waals surface area contributed by atoms with E-state index < -0.39 is 176 Å². The summed E-state index contributed by atoms with van der Waals surface area (Å²) >= 11 is 0. The summed E-state index contributed by atoms with van der Waals surface area (Å²) in [5.74, 6) is -14.1. The van der Waals surface area contributed by atoms with Crippen LogP contribution in [-0.4, -0.2) is 237 Å². The normalized spacial score (nSPS) is 16.9. The second kappa shape index (κ2) is 36.8. The van der Waals surface area contributed by atoms with Gasteiger partial charge in [-0.3, -0.25) is 67.5 Å². The van der Waals surface area contributed by atoms with E-state index in [9.17, 15) is 83.1 Å². The first-order valence-corrected chi connectivity index (χ1v) is 27.1. The molecule has 0 saturated carbocycles. The van der Waals surface area contributed by atoms with Gasteiger partial charge in [-0.1, -0.05) is 30.3 Å². The van der Waals surface area contributed by atoms with Gasteiger partial charge in [0.25, 0.3) is 0 Å². The number of carboxylic acid groups (broad SMARTS) is 1. The number of amides is 11. The number of aliphatic carboxylic acids is 1. The number of primary amides is 1. The molecule has 1 aliphatic heterocycles. The van der Waals surface area contributed by atoms with Crippen LogP contribution in [0.15, 0.2) is 40.3 Å². The van der Waals surface area contributed by atoms with Crippen LogP contribution in [0.25, 0.3) is 0 Å². The van der Waals surface area contributed by atoms with Gasteiger partial charge in [0.15, 0.2) is 11.9 Å². The molecule has 27 N–H and O–H groups in total. The predicted octanol–water partition coefficient (Wildman–Crippen LogP) is -11.3. The molecule has 0 aromatic heterocycles. The highest BCUT2D eigenvalue weighted by Gasteiger charge is 2.41. The van der Waals surface area contributed by atoms with Crippen molar-refractivity contribution in [2.45, 2.75) is 151 Å². The number of aliphatic hydroxyl groups excluding tert-OH is 5. The van der Waals surface area contributed by atoms with E-state index in [1.165, 1.54) is 6.92 Å². The fraction of sp³-hybridized carbons (Fsp3) is 0.600. The van der Waals surface area contributed by atoms with Crippen molar-refractivity contribution in [2.24, 2.45) is 44.4 Å². The zero-order valence-corrected chi connectivity index (χ0v) is 47.7. The zero-order valence-electron chi connectivity index (χ0n) is 47.7. The van der Waals surface area contributed by atoms with Crippen LogP contribution in [-0.2, 0) is 64.0 Å². The van der Waals surface area contributed by atoms with Gasteiger partial charge in [-0.15, -0.1) is 0 Å². The minimum Gasteiger partial charge on any atom is -0.480 e. The van der Waals surface area contributed by atoms with Crippen molar-refractivity contribution >= 4 is 82.9 Å². The van der Waals surface area contributed by atoms with Gasteiger partial charge in [0.1, 0.15) is 66.5 Å². The van der Waals surface area contributed by atoms with Crippen LogP contribution >= 0.6 is 0 Å². The summed E-state index contributed by atoms with van der Waals surface area (Å²) in [6.07, 6.45) is -4.41. The highest BCUT2D eigenvalue weighted by atomic mass is 16.4. The monoisotopic (exact) mass is 1220 g/mol. The Bertz CT molecular complexity index is 2570. The van der Waals surface area contributed by atoms with Crippen LogP contribution in [0, 0.1) is 0 Å². The molecule has 0 bridgehead atoms. The molecule has 36 nitrogen and oxygen atoms in total. The summed E-state index contributed by atoms with van der Waals surface area (Å²) in [4.78, 5) is 169. The lowest BCUT2D eigenvalue weighted by Gasteiger charge is -2.31. The molecule has 0 radical (unpaired) electrons. The molecule has 86 heavy (non-hydrogen) atoms. The minimum absolute atomic E-state index is 0.00199. The minimum atomic E-state index is -1.97. The maximum Gasteiger partial charge on any atom is 0.325 e. The van der Waals surface area contributed by atoms with Gasteiger partial charge in [0, 0.05) is 26.1 Å². The van der Waals surface area contributed by atoms with Crippen molar-refractivity contribution in [2.75, 3.05) is 39.5 Å². The first kappa shape index (κ1) is 73.3. The second-order valence-electron chi connectivity index (χ2n) is 20.0. The fourth-order valence-corrected chi connectivity index (χ4v) is 8.29. The molecule has 36 heteroatoms. The summed E-state index contributed by atoms with van der Waals surface area (Å²) in [7, 11) is 0. The Balaban J connectivity index is 2.45. The van der Waals surface area contributed by atoms with E-state index in [1.807, 2.05) is 16.0 Å². The van der Waals surface area contributed by atoms with Gasteiger partial charge in [-0.25, -0.2) is 0 Å². The molecule has 0 aliphatic carbocycles. The van der Waals surface area contributed by atoms with E-state index in [0.717, 1.165) is 18.7 Å². The maximum atomic E-state index is 14.7. The Morgan fingerprint density at radius 2 is 1.00 bits per heavy atom. The van der Waals surface area contributed by atoms with E-state index in [2.05, 4.69) is 41.9 Å². The number of nitrogens with zero attached hydrogens (tertiary/aromatic N) is 3. The lowest BCUT2D eigenvalue weighted by molar-refractivity contribution is -0.143. The third-order valence-electron chi connectivity index (χ3n) is 12.9. The Morgan fingerprint density at radius 3 is 1.48 bits per heavy atom. The smallest absolute Gasteiger partial charge is 0.325 e. The highest BCUT2D eigenvalue weighted by Crippen LogP contribution is 2.21. The van der Waals surface area contributed by atoms with Gasteiger partial charge in [0.2, 0.25) is 65.0 Å². The number of hydrogen-bond acceptors (Lipinski definition) is 20. The van der Waals surface area contributed by atoms with Gasteiger partial charge in [-0.05, 0) is 64.9 Å². The van der Waals surface area contributed by atoms with Gasteiger partial charge in [-0.2, -0.15) is 0 Å². The third-order valence-corrected chi connectivity index (χ3v) is 12.9. The SMILES string of the molecule is C[C@H](NC(=O)[C@H](CC(N)=O)NC(=O)[C@H](CO)NC(=O)[C@H](CO)NC(=O)[C@@H](NC(=O)[C@H](CCCN=C(N)N)NC(=O)[C@@H]1CCCN1C(=O)[C@H](CCCN=C(N)N)NC(=O)[C@H](Cc1ccccc1)NC(=O)[C@@H](NC(=O)[C@@H](N)CO)[C@@H](C)O)[C@@H](C)O)C(=O)O. The first-order valence-electron chi connectivity index (χ1n) is 27.1. The number of likely N-dealkylation sites (tertiary alicyclic amines) is 1. The Labute approximate surface area is 493 Å². The number of guanidine groups is 2. The standard InChI is InChI=1S/C50H82N18O18/c1-23(48(85)86)59-40(77)31(19-35(52)74)62-42(79)32(21-70)64-43(80)33(22-71)65-46(83)37(25(3)73)67-39(76)28(12-7-15-57-49(53)54)60-44(81)34-14-9-17-68(34)47(84)29(13-8-16-58-50(55)56)61-41(78)30(18-26-10-5-4-6-11-26)63-45(82)36(24(2)72)66-38(75)27(51)20-69/h4-6,10-11,23-25,27-34,36-37,69-73H,7-9,12-22,51H2,1-3H3,(H2,52,74)(H,59,77)(H,60,81)(H,61,78)(H,62,79)(H,63,82)(H,64,80)(H,65,83)(H,66,75)(H,67,76)(H,85,86)(H4,53,54,57)(H4,55,56,58)/t23-,24+,25+,27-,28-,29-,30-,31-,32-,33-,34-,36-,37-/m0/s1. The van der Waals surface area contributed by atoms with E-state index in [0.29, 0.717) is 5.56 Å². The topological polar surface area (TPSA) is 619 Å². The number of hydrogen-bond donors (Lipinski definition) is 21. The number of nitrogens with one attached hydrogen (secondary N) is 9. The van der Waals surface area contributed by atoms with Crippen LogP contribution in [0.3, 0.4) is 0 Å². The zero-order chi connectivity index (χ0) is 65.0. The highest BCUT2D eigenvalue weighted by molar-refractivity contribution is 6.00. The second-order valence-corrected chi connectivity index (χ2v) is 20.0. The molecule has 1 aromatic rings. The van der Waals surface area contributed by atoms with Crippen molar-refractivity contribution in [1.29, 1.82) is 0 Å². The molecule has 2 rings (SSSR count).